The fourth-order valence-electron chi connectivity index (χ4n) is 2.22. The Morgan fingerprint density at radius 3 is 2.12 bits per heavy atom. The Morgan fingerprint density at radius 2 is 1.65 bits per heavy atom. The molecule has 0 atom stereocenters. The molecular weight excluding hydrogens is 639 g/mol. The van der Waals surface area contributed by atoms with E-state index in [9.17, 15) is 26.3 Å². The van der Waals surface area contributed by atoms with Crippen LogP contribution in [0.5, 0.6) is 0 Å². The second-order valence-corrected chi connectivity index (χ2v) is 8.02. The molecule has 0 saturated carbocycles. The van der Waals surface area contributed by atoms with Gasteiger partial charge in [0.25, 0.3) is 0 Å². The molecule has 0 radical (unpaired) electrons. The van der Waals surface area contributed by atoms with Crippen molar-refractivity contribution in [3.63, 3.8) is 0 Å². The van der Waals surface area contributed by atoms with Gasteiger partial charge in [-0.05, 0) is 51.2 Å². The fraction of sp³-hybridized carbons (Fsp3) is 0.250. The zero-order valence-electron chi connectivity index (χ0n) is 11.8. The number of rotatable bonds is 2. The van der Waals surface area contributed by atoms with Gasteiger partial charge in [0, 0.05) is 3.57 Å². The molecule has 1 aromatic carbocycles. The van der Waals surface area contributed by atoms with Crippen LogP contribution in [0.15, 0.2) is 12.3 Å². The van der Waals surface area contributed by atoms with E-state index in [4.69, 9.17) is 23.2 Å². The van der Waals surface area contributed by atoms with Gasteiger partial charge in [0.2, 0.25) is 5.66 Å². The molecule has 142 valence electrons. The van der Waals surface area contributed by atoms with Crippen LogP contribution in [0.25, 0.3) is 5.69 Å². The van der Waals surface area contributed by atoms with E-state index in [2.05, 4.69) is 5.10 Å². The van der Waals surface area contributed by atoms with Crippen LogP contribution in [0.3, 0.4) is 0 Å². The molecule has 0 amide bonds. The van der Waals surface area contributed by atoms with Gasteiger partial charge >= 0.3 is 12.4 Å². The molecule has 1 fully saturated rings. The van der Waals surface area contributed by atoms with Crippen molar-refractivity contribution in [2.24, 2.45) is 0 Å². The van der Waals surface area contributed by atoms with Crippen LogP contribution in [0.2, 0.25) is 10.0 Å². The molecule has 4 nitrogen and oxygen atoms in total. The van der Waals surface area contributed by atoms with Crippen molar-refractivity contribution >= 4 is 68.4 Å². The average molecular weight is 643 g/mol. The van der Waals surface area contributed by atoms with Crippen LogP contribution in [-0.4, -0.2) is 16.0 Å². The van der Waals surface area contributed by atoms with Gasteiger partial charge < -0.3 is 0 Å². The Kier molecular flexibility index (Phi) is 5.18. The first-order valence-electron chi connectivity index (χ1n) is 6.41. The zero-order chi connectivity index (χ0) is 19.7. The van der Waals surface area contributed by atoms with E-state index in [1.165, 1.54) is 22.6 Å². The number of hydrogen-bond acceptors (Lipinski definition) is 3. The third-order valence-corrected chi connectivity index (χ3v) is 6.70. The predicted octanol–water partition coefficient (Wildman–Crippen LogP) is 5.23. The highest BCUT2D eigenvalue weighted by atomic mass is 127. The fourth-order valence-corrected chi connectivity index (χ4v) is 4.46. The number of alkyl halides is 6. The van der Waals surface area contributed by atoms with Gasteiger partial charge in [-0.15, -0.1) is 0 Å². The Morgan fingerprint density at radius 1 is 1.08 bits per heavy atom. The molecule has 2 heterocycles. The maximum atomic E-state index is 13.2. The Hall–Kier alpha value is -0.0300. The molecule has 1 saturated heterocycles. The summed E-state index contributed by atoms with van der Waals surface area (Å²) in [5.41, 5.74) is 0.146. The minimum atomic E-state index is -4.69. The zero-order valence-corrected chi connectivity index (χ0v) is 17.7. The lowest BCUT2D eigenvalue weighted by Crippen LogP contribution is -2.35. The molecular formula is C12H4Cl2F6I2N4. The molecule has 2 N–H and O–H groups in total. The van der Waals surface area contributed by atoms with E-state index in [0.29, 0.717) is 6.07 Å². The molecule has 0 aliphatic carbocycles. The van der Waals surface area contributed by atoms with Gasteiger partial charge in [0.1, 0.15) is 9.39 Å². The van der Waals surface area contributed by atoms with Crippen molar-refractivity contribution in [3.8, 4) is 5.69 Å². The van der Waals surface area contributed by atoms with Gasteiger partial charge in [-0.1, -0.05) is 23.2 Å². The number of nitrogens with one attached hydrogen (secondary N) is 2. The highest BCUT2D eigenvalue weighted by Crippen LogP contribution is 2.46. The van der Waals surface area contributed by atoms with Crippen molar-refractivity contribution in [2.45, 2.75) is 18.0 Å². The quantitative estimate of drug-likeness (QED) is 0.204. The topological polar surface area (TPSA) is 61.7 Å². The first-order chi connectivity index (χ1) is 11.8. The summed E-state index contributed by atoms with van der Waals surface area (Å²) in [4.78, 5) is 0. The van der Waals surface area contributed by atoms with E-state index in [1.807, 2.05) is 10.9 Å². The molecule has 2 aromatic rings. The smallest absolute Gasteiger partial charge is 0.224 e. The van der Waals surface area contributed by atoms with E-state index in [1.54, 1.807) is 22.6 Å². The summed E-state index contributed by atoms with van der Waals surface area (Å²) < 4.78 is 79.4. The molecule has 1 aliphatic heterocycles. The van der Waals surface area contributed by atoms with E-state index in [0.717, 1.165) is 10.9 Å². The Bertz CT molecular complexity index is 891. The summed E-state index contributed by atoms with van der Waals surface area (Å²) in [5.74, 6) is 0. The summed E-state index contributed by atoms with van der Waals surface area (Å²) in [7, 11) is 0. The van der Waals surface area contributed by atoms with Crippen LogP contribution in [0.4, 0.5) is 26.3 Å². The highest BCUT2D eigenvalue weighted by molar-refractivity contribution is 14.1. The van der Waals surface area contributed by atoms with Gasteiger partial charge in [0.15, 0.2) is 0 Å². The van der Waals surface area contributed by atoms with E-state index >= 15 is 0 Å². The minimum absolute atomic E-state index is 0.0169. The number of halogens is 10. The van der Waals surface area contributed by atoms with Gasteiger partial charge in [0.05, 0.1) is 27.4 Å². The van der Waals surface area contributed by atoms with Crippen molar-refractivity contribution in [2.75, 3.05) is 0 Å². The molecule has 14 heteroatoms. The van der Waals surface area contributed by atoms with E-state index < -0.39 is 28.6 Å². The average Bonchev–Trinajstić information content (AvgIpc) is 3.22. The van der Waals surface area contributed by atoms with Crippen molar-refractivity contribution < 1.29 is 26.3 Å². The van der Waals surface area contributed by atoms with Gasteiger partial charge in [-0.2, -0.15) is 31.4 Å². The molecule has 26 heavy (non-hydrogen) atoms. The number of benzene rings is 1. The maximum Gasteiger partial charge on any atom is 0.426 e. The molecule has 1 aliphatic rings. The van der Waals surface area contributed by atoms with Crippen LogP contribution in [-0.2, 0) is 11.8 Å². The first kappa shape index (κ1) is 20.7. The van der Waals surface area contributed by atoms with Crippen LogP contribution >= 0.6 is 68.4 Å². The third-order valence-electron chi connectivity index (χ3n) is 3.57. The van der Waals surface area contributed by atoms with Gasteiger partial charge in [-0.25, -0.2) is 15.5 Å². The standard InChI is InChI=1S/C12H4Cl2F6I2N4/c13-5-1-3(11(15,16)17)7(21)6(14)8(5)26-9(22)4(2-23-26)10(24-25-10)12(18,19)20/h1-2,24-25H. The molecule has 0 spiro atoms. The molecule has 1 aromatic heterocycles. The summed E-state index contributed by atoms with van der Waals surface area (Å²) in [6, 6.07) is 0.662. The highest BCUT2D eigenvalue weighted by Gasteiger charge is 2.66. The lowest BCUT2D eigenvalue weighted by atomic mass is 10.1. The monoisotopic (exact) mass is 642 g/mol. The second-order valence-electron chi connectivity index (χ2n) is 5.14. The summed E-state index contributed by atoms with van der Waals surface area (Å²) in [5, 5.41) is 3.08. The lowest BCUT2D eigenvalue weighted by Gasteiger charge is -2.17. The number of aromatic nitrogens is 2. The third kappa shape index (κ3) is 3.19. The van der Waals surface area contributed by atoms with Crippen molar-refractivity contribution in [1.82, 2.24) is 20.6 Å². The van der Waals surface area contributed by atoms with Gasteiger partial charge in [-0.3, -0.25) is 0 Å². The second kappa shape index (κ2) is 6.50. The lowest BCUT2D eigenvalue weighted by molar-refractivity contribution is -0.165. The van der Waals surface area contributed by atoms with Crippen molar-refractivity contribution in [1.29, 1.82) is 0 Å². The van der Waals surface area contributed by atoms with E-state index in [-0.39, 0.29) is 23.5 Å². The summed E-state index contributed by atoms with van der Waals surface area (Å²) in [6.07, 6.45) is -8.41. The Balaban J connectivity index is 2.17. The predicted molar refractivity (Wildman–Crippen MR) is 98.0 cm³/mol. The van der Waals surface area contributed by atoms with Crippen molar-refractivity contribution in [3.05, 3.63) is 40.7 Å². The minimum Gasteiger partial charge on any atom is -0.224 e. The SMILES string of the molecule is FC(F)(F)c1cc(Cl)c(-n2ncc(C3(C(F)(F)F)NN3)c2I)c(Cl)c1I. The number of hydrazine groups is 1. The molecule has 0 unspecified atom stereocenters. The van der Waals surface area contributed by atoms with Crippen LogP contribution < -0.4 is 10.9 Å². The maximum absolute atomic E-state index is 13.2. The number of hydrogen-bond donors (Lipinski definition) is 2. The van der Waals surface area contributed by atoms with Crippen LogP contribution in [0.1, 0.15) is 11.1 Å². The first-order valence-corrected chi connectivity index (χ1v) is 9.32. The summed E-state index contributed by atoms with van der Waals surface area (Å²) in [6.45, 7) is 0. The summed E-state index contributed by atoms with van der Waals surface area (Å²) >= 11 is 15.0. The largest absolute Gasteiger partial charge is 0.426 e. The number of nitrogens with zero attached hydrogens (tertiary/aromatic N) is 2. The Labute approximate surface area is 178 Å². The molecule has 3 rings (SSSR count). The van der Waals surface area contributed by atoms with Crippen LogP contribution in [0, 0.1) is 7.27 Å². The normalized spacial score (nSPS) is 16.8. The molecule has 0 bridgehead atoms.